The predicted octanol–water partition coefficient (Wildman–Crippen LogP) is 2.85. The highest BCUT2D eigenvalue weighted by atomic mass is 32.2. The van der Waals surface area contributed by atoms with Crippen molar-refractivity contribution in [2.45, 2.75) is 63.3 Å². The number of aromatic amines is 1. The number of hydrogen-bond donors (Lipinski definition) is 4. The summed E-state index contributed by atoms with van der Waals surface area (Å²) in [6, 6.07) is 0. The number of carbonyl (C=O) groups excluding carboxylic acids is 2. The number of nitrogens with one attached hydrogen (secondary N) is 1. The number of nitrogen functional groups attached to an aromatic ring is 1. The standard InChI is InChI=1S/C27H33N5O4S/c1-13-8-17-16-5-4-14-9-15(33)6-7-25(14,2)20(16)18(34)10-26(17,3)27(13,36)19(35)11-37-24-31-21-22(28)29-12-30-23(21)32-24/h6-7,9,12-13,16-18,20,34,36H,4-5,8,10-11H2,1-3H3,(H3,28,29,30,31,32)/t13-,16?,17?,18+,20?,25?,26?,27+/m1/s1. The molecule has 37 heavy (non-hydrogen) atoms. The van der Waals surface area contributed by atoms with Crippen LogP contribution in [-0.2, 0) is 9.59 Å². The van der Waals surface area contributed by atoms with Crippen LogP contribution in [0.25, 0.3) is 11.2 Å². The third-order valence-corrected chi connectivity index (χ3v) is 11.0. The van der Waals surface area contributed by atoms with Crippen LogP contribution < -0.4 is 5.73 Å². The van der Waals surface area contributed by atoms with Gasteiger partial charge in [0, 0.05) is 16.7 Å². The van der Waals surface area contributed by atoms with E-state index in [0.29, 0.717) is 22.7 Å². The molecule has 2 heterocycles. The highest BCUT2D eigenvalue weighted by Gasteiger charge is 2.70. The molecule has 2 aromatic rings. The van der Waals surface area contributed by atoms with E-state index in [1.807, 2.05) is 19.9 Å². The molecule has 0 bridgehead atoms. The average Bonchev–Trinajstić information content (AvgIpc) is 3.36. The predicted molar refractivity (Wildman–Crippen MR) is 139 cm³/mol. The maximum atomic E-state index is 13.8. The Kier molecular flexibility index (Phi) is 5.50. The molecule has 3 saturated carbocycles. The summed E-state index contributed by atoms with van der Waals surface area (Å²) >= 11 is 1.22. The van der Waals surface area contributed by atoms with Crippen LogP contribution in [0, 0.1) is 34.5 Å². The fraction of sp³-hybridized carbons (Fsp3) is 0.593. The number of carbonyl (C=O) groups is 2. The van der Waals surface area contributed by atoms with Crippen LogP contribution in [0.5, 0.6) is 0 Å². The van der Waals surface area contributed by atoms with Gasteiger partial charge in [0.05, 0.1) is 11.9 Å². The molecular formula is C27H33N5O4S. The smallest absolute Gasteiger partial charge is 0.183 e. The van der Waals surface area contributed by atoms with E-state index in [4.69, 9.17) is 5.73 Å². The number of aliphatic hydroxyl groups excluding tert-OH is 1. The summed E-state index contributed by atoms with van der Waals surface area (Å²) in [6.45, 7) is 6.08. The van der Waals surface area contributed by atoms with Crippen LogP contribution >= 0.6 is 11.8 Å². The topological polar surface area (TPSA) is 155 Å². The Morgan fingerprint density at radius 2 is 2.11 bits per heavy atom. The van der Waals surface area contributed by atoms with E-state index in [1.165, 1.54) is 18.1 Å². The van der Waals surface area contributed by atoms with Crippen LogP contribution in [0.1, 0.15) is 46.5 Å². The number of nitrogens with zero attached hydrogens (tertiary/aromatic N) is 3. The van der Waals surface area contributed by atoms with Crippen molar-refractivity contribution in [3.8, 4) is 0 Å². The van der Waals surface area contributed by atoms with Crippen LogP contribution in [-0.4, -0.2) is 59.2 Å². The van der Waals surface area contributed by atoms with Gasteiger partial charge in [-0.1, -0.05) is 44.2 Å². The van der Waals surface area contributed by atoms with Crippen LogP contribution in [0.3, 0.4) is 0 Å². The third-order valence-electron chi connectivity index (χ3n) is 10.1. The Balaban J connectivity index is 1.27. The normalized spacial score (nSPS) is 40.7. The van der Waals surface area contributed by atoms with Crippen molar-refractivity contribution < 1.29 is 19.8 Å². The molecule has 3 fully saturated rings. The number of allylic oxidation sites excluding steroid dienone is 4. The third kappa shape index (κ3) is 3.34. The van der Waals surface area contributed by atoms with Crippen LogP contribution in [0.15, 0.2) is 35.3 Å². The molecule has 4 aliphatic rings. The Morgan fingerprint density at radius 3 is 2.86 bits per heavy atom. The number of thioether (sulfide) groups is 1. The summed E-state index contributed by atoms with van der Waals surface area (Å²) in [4.78, 5) is 41.4. The van der Waals surface area contributed by atoms with E-state index in [9.17, 15) is 19.8 Å². The van der Waals surface area contributed by atoms with Gasteiger partial charge in [-0.2, -0.15) is 0 Å². The Bertz CT molecular complexity index is 1370. The lowest BCUT2D eigenvalue weighted by atomic mass is 9.46. The first kappa shape index (κ1) is 24.8. The van der Waals surface area contributed by atoms with Crippen molar-refractivity contribution in [2.75, 3.05) is 11.5 Å². The maximum Gasteiger partial charge on any atom is 0.183 e. The molecule has 0 aliphatic heterocycles. The minimum absolute atomic E-state index is 0.00667. The molecule has 0 radical (unpaired) electrons. The summed E-state index contributed by atoms with van der Waals surface area (Å²) in [5.74, 6) is 0.0520. The largest absolute Gasteiger partial charge is 0.393 e. The summed E-state index contributed by atoms with van der Waals surface area (Å²) in [5.41, 5.74) is 5.25. The van der Waals surface area contributed by atoms with E-state index < -0.39 is 17.1 Å². The van der Waals surface area contributed by atoms with Gasteiger partial charge in [0.15, 0.2) is 28.2 Å². The van der Waals surface area contributed by atoms with Crippen LogP contribution in [0.2, 0.25) is 0 Å². The monoisotopic (exact) mass is 523 g/mol. The second-order valence-corrected chi connectivity index (χ2v) is 12.8. The van der Waals surface area contributed by atoms with Crippen molar-refractivity contribution in [3.05, 3.63) is 30.1 Å². The first-order valence-electron chi connectivity index (χ1n) is 13.0. The molecule has 5 unspecified atom stereocenters. The van der Waals surface area contributed by atoms with Crippen molar-refractivity contribution in [1.82, 2.24) is 19.9 Å². The highest BCUT2D eigenvalue weighted by Crippen LogP contribution is 2.68. The minimum atomic E-state index is -1.56. The lowest BCUT2D eigenvalue weighted by molar-refractivity contribution is -0.179. The molecule has 0 amide bonds. The number of nitrogens with two attached hydrogens (primary N) is 1. The molecule has 0 saturated heterocycles. The second kappa shape index (κ2) is 8.22. The molecule has 196 valence electrons. The number of Topliss-reactive ketones (excluding diaryl/α,β-unsaturated/α-hetero) is 1. The van der Waals surface area contributed by atoms with Gasteiger partial charge in [0.25, 0.3) is 0 Å². The van der Waals surface area contributed by atoms with Gasteiger partial charge < -0.3 is 20.9 Å². The van der Waals surface area contributed by atoms with Gasteiger partial charge in [-0.25, -0.2) is 15.0 Å². The number of hydrogen-bond acceptors (Lipinski definition) is 9. The molecule has 2 aromatic heterocycles. The van der Waals surface area contributed by atoms with Gasteiger partial charge in [-0.05, 0) is 55.6 Å². The number of aromatic nitrogens is 4. The molecule has 0 aromatic carbocycles. The van der Waals surface area contributed by atoms with E-state index in [2.05, 4.69) is 26.9 Å². The molecule has 8 atom stereocenters. The number of rotatable bonds is 4. The Labute approximate surface area is 219 Å². The van der Waals surface area contributed by atoms with Crippen molar-refractivity contribution in [2.24, 2.45) is 34.5 Å². The van der Waals surface area contributed by atoms with Crippen molar-refractivity contribution in [1.29, 1.82) is 0 Å². The van der Waals surface area contributed by atoms with Gasteiger partial charge in [0.1, 0.15) is 17.4 Å². The lowest BCUT2D eigenvalue weighted by Crippen LogP contribution is -2.62. The minimum Gasteiger partial charge on any atom is -0.393 e. The van der Waals surface area contributed by atoms with Gasteiger partial charge in [-0.3, -0.25) is 9.59 Å². The number of anilines is 1. The SMILES string of the molecule is C[C@@H]1CC2C3CCC4=CC(=O)C=CC4(C)C3[C@@H](O)CC2(C)[C@@]1(O)C(=O)CSc1nc2ncnc(N)c2[nH]1. The number of ketones is 2. The highest BCUT2D eigenvalue weighted by molar-refractivity contribution is 7.99. The summed E-state index contributed by atoms with van der Waals surface area (Å²) in [5, 5.41) is 24.2. The van der Waals surface area contributed by atoms with Crippen molar-refractivity contribution in [3.63, 3.8) is 0 Å². The number of imidazole rings is 1. The molecule has 0 spiro atoms. The number of fused-ring (bicyclic) bond motifs is 6. The number of aliphatic hydroxyl groups is 2. The Morgan fingerprint density at radius 1 is 1.32 bits per heavy atom. The summed E-state index contributed by atoms with van der Waals surface area (Å²) < 4.78 is 0. The zero-order valence-corrected chi connectivity index (χ0v) is 22.1. The second-order valence-electron chi connectivity index (χ2n) is 11.8. The van der Waals surface area contributed by atoms with Gasteiger partial charge in [0.2, 0.25) is 0 Å². The molecular weight excluding hydrogens is 490 g/mol. The Hall–Kier alpha value is -2.56. The first-order valence-corrected chi connectivity index (χ1v) is 13.9. The summed E-state index contributed by atoms with van der Waals surface area (Å²) in [7, 11) is 0. The zero-order chi connectivity index (χ0) is 26.3. The lowest BCUT2D eigenvalue weighted by Gasteiger charge is -2.59. The van der Waals surface area contributed by atoms with Crippen molar-refractivity contribution >= 4 is 40.3 Å². The quantitative estimate of drug-likeness (QED) is 0.443. The molecule has 5 N–H and O–H groups in total. The molecule has 10 heteroatoms. The van der Waals surface area contributed by atoms with E-state index in [-0.39, 0.29) is 52.2 Å². The van der Waals surface area contributed by atoms with E-state index in [1.54, 1.807) is 12.2 Å². The van der Waals surface area contributed by atoms with E-state index in [0.717, 1.165) is 24.8 Å². The first-order chi connectivity index (χ1) is 17.5. The summed E-state index contributed by atoms with van der Waals surface area (Å²) in [6.07, 6.45) is 8.70. The van der Waals surface area contributed by atoms with Gasteiger partial charge in [-0.15, -0.1) is 0 Å². The number of H-pyrrole nitrogens is 1. The molecule has 9 nitrogen and oxygen atoms in total. The van der Waals surface area contributed by atoms with Crippen LogP contribution in [0.4, 0.5) is 5.82 Å². The fourth-order valence-electron chi connectivity index (χ4n) is 8.39. The van der Waals surface area contributed by atoms with E-state index >= 15 is 0 Å². The van der Waals surface area contributed by atoms with Gasteiger partial charge >= 0.3 is 0 Å². The molecule has 6 rings (SSSR count). The average molecular weight is 524 g/mol. The zero-order valence-electron chi connectivity index (χ0n) is 21.3. The maximum absolute atomic E-state index is 13.8. The fourth-order valence-corrected chi connectivity index (χ4v) is 9.20. The molecule has 4 aliphatic carbocycles.